The summed E-state index contributed by atoms with van der Waals surface area (Å²) < 4.78 is 0. The van der Waals surface area contributed by atoms with Gasteiger partial charge in [0.15, 0.2) is 0 Å². The van der Waals surface area contributed by atoms with Crippen LogP contribution in [0.25, 0.3) is 6.08 Å². The maximum atomic E-state index is 12.3. The SMILES string of the molecule is CCCC(C)C(=O)N1CCN(C/C=C/c2ccccc2)CC1. The fourth-order valence-electron chi connectivity index (χ4n) is 2.92. The molecule has 0 radical (unpaired) electrons. The zero-order valence-corrected chi connectivity index (χ0v) is 13.9. The number of hydrogen-bond donors (Lipinski definition) is 0. The van der Waals surface area contributed by atoms with Gasteiger partial charge >= 0.3 is 0 Å². The summed E-state index contributed by atoms with van der Waals surface area (Å²) in [5.74, 6) is 0.510. The van der Waals surface area contributed by atoms with Crippen molar-refractivity contribution in [3.05, 3.63) is 42.0 Å². The van der Waals surface area contributed by atoms with Crippen LogP contribution in [0.2, 0.25) is 0 Å². The van der Waals surface area contributed by atoms with E-state index in [0.717, 1.165) is 45.6 Å². The van der Waals surface area contributed by atoms with Gasteiger partial charge in [-0.25, -0.2) is 0 Å². The van der Waals surface area contributed by atoms with Gasteiger partial charge in [-0.2, -0.15) is 0 Å². The average Bonchev–Trinajstić information content (AvgIpc) is 2.56. The highest BCUT2D eigenvalue weighted by atomic mass is 16.2. The molecule has 3 heteroatoms. The Hall–Kier alpha value is -1.61. The van der Waals surface area contributed by atoms with E-state index in [1.807, 2.05) is 11.0 Å². The molecule has 2 rings (SSSR count). The van der Waals surface area contributed by atoms with Crippen LogP contribution in [0.3, 0.4) is 0 Å². The number of benzene rings is 1. The van der Waals surface area contributed by atoms with Crippen molar-refractivity contribution in [1.82, 2.24) is 9.80 Å². The Bertz CT molecular complexity index is 475. The first-order chi connectivity index (χ1) is 10.7. The predicted molar refractivity (Wildman–Crippen MR) is 92.6 cm³/mol. The van der Waals surface area contributed by atoms with Gasteiger partial charge in [-0.05, 0) is 12.0 Å². The van der Waals surface area contributed by atoms with Crippen LogP contribution in [0.5, 0.6) is 0 Å². The first-order valence-electron chi connectivity index (χ1n) is 8.43. The Morgan fingerprint density at radius 2 is 1.86 bits per heavy atom. The summed E-state index contributed by atoms with van der Waals surface area (Å²) in [6, 6.07) is 10.4. The summed E-state index contributed by atoms with van der Waals surface area (Å²) in [5.41, 5.74) is 1.24. The molecule has 1 saturated heterocycles. The van der Waals surface area contributed by atoms with Gasteiger partial charge in [0.1, 0.15) is 0 Å². The van der Waals surface area contributed by atoms with E-state index in [-0.39, 0.29) is 5.92 Å². The molecule has 1 heterocycles. The Balaban J connectivity index is 1.73. The fourth-order valence-corrected chi connectivity index (χ4v) is 2.92. The summed E-state index contributed by atoms with van der Waals surface area (Å²) in [7, 11) is 0. The van der Waals surface area contributed by atoms with Gasteiger partial charge in [-0.3, -0.25) is 9.69 Å². The molecule has 0 N–H and O–H groups in total. The van der Waals surface area contributed by atoms with E-state index in [0.29, 0.717) is 5.91 Å². The third kappa shape index (κ3) is 4.99. The van der Waals surface area contributed by atoms with Gasteiger partial charge in [0.25, 0.3) is 0 Å². The van der Waals surface area contributed by atoms with Crippen LogP contribution in [0.15, 0.2) is 36.4 Å². The lowest BCUT2D eigenvalue weighted by molar-refractivity contribution is -0.136. The van der Waals surface area contributed by atoms with E-state index in [9.17, 15) is 4.79 Å². The summed E-state index contributed by atoms with van der Waals surface area (Å²) in [4.78, 5) is 16.7. The lowest BCUT2D eigenvalue weighted by Crippen LogP contribution is -2.50. The Morgan fingerprint density at radius 1 is 1.18 bits per heavy atom. The van der Waals surface area contributed by atoms with E-state index >= 15 is 0 Å². The third-order valence-corrected chi connectivity index (χ3v) is 4.30. The maximum absolute atomic E-state index is 12.3. The van der Waals surface area contributed by atoms with Crippen LogP contribution in [0, 0.1) is 5.92 Å². The van der Waals surface area contributed by atoms with Gasteiger partial charge in [0.05, 0.1) is 0 Å². The zero-order valence-electron chi connectivity index (χ0n) is 13.9. The second kappa shape index (κ2) is 8.74. The molecule has 1 fully saturated rings. The van der Waals surface area contributed by atoms with Crippen molar-refractivity contribution in [2.24, 2.45) is 5.92 Å². The van der Waals surface area contributed by atoms with Gasteiger partial charge in [-0.1, -0.05) is 62.8 Å². The average molecular weight is 300 g/mol. The standard InChI is InChI=1S/C19H28N2O/c1-3-8-17(2)19(22)21-15-13-20(14-16-21)12-7-11-18-9-5-4-6-10-18/h4-7,9-11,17H,3,8,12-16H2,1-2H3/b11-7+. The summed E-state index contributed by atoms with van der Waals surface area (Å²) in [6.07, 6.45) is 6.46. The Morgan fingerprint density at radius 3 is 2.50 bits per heavy atom. The molecule has 1 aliphatic heterocycles. The zero-order chi connectivity index (χ0) is 15.8. The molecule has 120 valence electrons. The predicted octanol–water partition coefficient (Wildman–Crippen LogP) is 3.28. The summed E-state index contributed by atoms with van der Waals surface area (Å²) >= 11 is 0. The molecule has 0 aromatic heterocycles. The Kier molecular flexibility index (Phi) is 6.66. The number of hydrogen-bond acceptors (Lipinski definition) is 2. The van der Waals surface area contributed by atoms with E-state index in [4.69, 9.17) is 0 Å². The van der Waals surface area contributed by atoms with Crippen molar-refractivity contribution < 1.29 is 4.79 Å². The minimum atomic E-state index is 0.175. The summed E-state index contributed by atoms with van der Waals surface area (Å²) in [6.45, 7) is 8.84. The molecule has 1 aliphatic rings. The number of nitrogens with zero attached hydrogens (tertiary/aromatic N) is 2. The van der Waals surface area contributed by atoms with Crippen molar-refractivity contribution in [3.63, 3.8) is 0 Å². The van der Waals surface area contributed by atoms with Gasteiger partial charge in [0, 0.05) is 38.6 Å². The summed E-state index contributed by atoms with van der Waals surface area (Å²) in [5, 5.41) is 0. The van der Waals surface area contributed by atoms with Crippen LogP contribution in [0.1, 0.15) is 32.3 Å². The normalized spacial score (nSPS) is 17.8. The number of piperazine rings is 1. The molecular weight excluding hydrogens is 272 g/mol. The fraction of sp³-hybridized carbons (Fsp3) is 0.526. The van der Waals surface area contributed by atoms with E-state index < -0.39 is 0 Å². The maximum Gasteiger partial charge on any atom is 0.225 e. The minimum absolute atomic E-state index is 0.175. The van der Waals surface area contributed by atoms with Gasteiger partial charge in [-0.15, -0.1) is 0 Å². The number of amides is 1. The lowest BCUT2D eigenvalue weighted by Gasteiger charge is -2.35. The van der Waals surface area contributed by atoms with E-state index in [1.165, 1.54) is 5.56 Å². The highest BCUT2D eigenvalue weighted by Gasteiger charge is 2.23. The van der Waals surface area contributed by atoms with Crippen LogP contribution < -0.4 is 0 Å². The molecule has 0 bridgehead atoms. The number of rotatable bonds is 6. The van der Waals surface area contributed by atoms with Crippen molar-refractivity contribution in [1.29, 1.82) is 0 Å². The second-order valence-electron chi connectivity index (χ2n) is 6.13. The van der Waals surface area contributed by atoms with Crippen molar-refractivity contribution in [2.75, 3.05) is 32.7 Å². The molecule has 1 unspecified atom stereocenters. The highest BCUT2D eigenvalue weighted by molar-refractivity contribution is 5.78. The smallest absolute Gasteiger partial charge is 0.225 e. The molecule has 3 nitrogen and oxygen atoms in total. The Labute approximate surface area is 134 Å². The highest BCUT2D eigenvalue weighted by Crippen LogP contribution is 2.12. The van der Waals surface area contributed by atoms with Gasteiger partial charge in [0.2, 0.25) is 5.91 Å². The van der Waals surface area contributed by atoms with Crippen LogP contribution in [0.4, 0.5) is 0 Å². The molecule has 22 heavy (non-hydrogen) atoms. The molecule has 0 saturated carbocycles. The first-order valence-corrected chi connectivity index (χ1v) is 8.43. The first kappa shape index (κ1) is 16.8. The molecule has 1 aromatic carbocycles. The lowest BCUT2D eigenvalue weighted by atomic mass is 10.0. The monoisotopic (exact) mass is 300 g/mol. The van der Waals surface area contributed by atoms with Crippen molar-refractivity contribution in [2.45, 2.75) is 26.7 Å². The van der Waals surface area contributed by atoms with Crippen molar-refractivity contribution >= 4 is 12.0 Å². The quantitative estimate of drug-likeness (QED) is 0.805. The molecule has 1 amide bonds. The largest absolute Gasteiger partial charge is 0.340 e. The van der Waals surface area contributed by atoms with E-state index in [1.54, 1.807) is 0 Å². The molecular formula is C19H28N2O. The number of carbonyl (C=O) groups excluding carboxylic acids is 1. The third-order valence-electron chi connectivity index (χ3n) is 4.30. The molecule has 1 atom stereocenters. The van der Waals surface area contributed by atoms with Gasteiger partial charge < -0.3 is 4.90 Å². The number of carbonyl (C=O) groups is 1. The topological polar surface area (TPSA) is 23.6 Å². The van der Waals surface area contributed by atoms with E-state index in [2.05, 4.69) is 55.2 Å². The van der Waals surface area contributed by atoms with Crippen LogP contribution in [-0.4, -0.2) is 48.4 Å². The molecule has 0 aliphatic carbocycles. The second-order valence-corrected chi connectivity index (χ2v) is 6.13. The van der Waals surface area contributed by atoms with Crippen LogP contribution >= 0.6 is 0 Å². The molecule has 1 aromatic rings. The molecule has 0 spiro atoms. The van der Waals surface area contributed by atoms with Crippen LogP contribution in [-0.2, 0) is 4.79 Å². The van der Waals surface area contributed by atoms with Crippen molar-refractivity contribution in [3.8, 4) is 0 Å². The minimum Gasteiger partial charge on any atom is -0.340 e.